The molecule has 0 spiro atoms. The second kappa shape index (κ2) is 13.4. The van der Waals surface area contributed by atoms with E-state index in [1.807, 2.05) is 0 Å². The third kappa shape index (κ3) is 10.6. The molecule has 170 valence electrons. The summed E-state index contributed by atoms with van der Waals surface area (Å²) in [6, 6.07) is -5.33. The van der Waals surface area contributed by atoms with Gasteiger partial charge in [-0.2, -0.15) is 11.8 Å². The summed E-state index contributed by atoms with van der Waals surface area (Å²) in [5.74, 6) is -5.77. The number of carbonyl (C=O) groups excluding carboxylic acids is 4. The third-order valence-electron chi connectivity index (χ3n) is 3.75. The number of nitrogens with one attached hydrogen (secondary N) is 3. The number of hydrogen-bond donors (Lipinski definition) is 7. The van der Waals surface area contributed by atoms with Crippen LogP contribution in [0.5, 0.6) is 0 Å². The van der Waals surface area contributed by atoms with E-state index in [1.165, 1.54) is 18.7 Å². The van der Waals surface area contributed by atoms with Crippen LogP contribution in [0.25, 0.3) is 0 Å². The summed E-state index contributed by atoms with van der Waals surface area (Å²) in [5.41, 5.74) is 10.5. The molecule has 0 aromatic carbocycles. The molecule has 4 unspecified atom stereocenters. The highest BCUT2D eigenvalue weighted by Gasteiger charge is 2.29. The SMILES string of the molecule is CSCCC(NC(=O)C(C)NC(=O)C(CC(N)=O)NC(=O)C(N)CC(=O)O)C(=O)O. The zero-order chi connectivity index (χ0) is 23.4. The molecule has 0 aromatic heterocycles. The van der Waals surface area contributed by atoms with Gasteiger partial charge < -0.3 is 37.6 Å². The molecule has 0 aromatic rings. The van der Waals surface area contributed by atoms with Gasteiger partial charge in [0.15, 0.2) is 0 Å². The Labute approximate surface area is 176 Å². The number of hydrogen-bond acceptors (Lipinski definition) is 8. The fourth-order valence-corrected chi connectivity index (χ4v) is 2.61. The molecule has 0 heterocycles. The maximum absolute atomic E-state index is 12.4. The van der Waals surface area contributed by atoms with Crippen LogP contribution in [0.1, 0.15) is 26.2 Å². The van der Waals surface area contributed by atoms with Gasteiger partial charge >= 0.3 is 11.9 Å². The number of aliphatic carboxylic acids is 2. The number of nitrogens with two attached hydrogens (primary N) is 2. The van der Waals surface area contributed by atoms with Crippen molar-refractivity contribution in [3.63, 3.8) is 0 Å². The molecule has 0 aliphatic carbocycles. The van der Waals surface area contributed by atoms with Crippen LogP contribution < -0.4 is 27.4 Å². The molecule has 0 aliphatic heterocycles. The summed E-state index contributed by atoms with van der Waals surface area (Å²) in [7, 11) is 0. The highest BCUT2D eigenvalue weighted by molar-refractivity contribution is 7.98. The molecular weight excluding hydrogens is 422 g/mol. The van der Waals surface area contributed by atoms with Gasteiger partial charge in [0.2, 0.25) is 23.6 Å². The number of rotatable bonds is 14. The predicted molar refractivity (Wildman–Crippen MR) is 106 cm³/mol. The van der Waals surface area contributed by atoms with Gasteiger partial charge in [-0.1, -0.05) is 0 Å². The summed E-state index contributed by atoms with van der Waals surface area (Å²) in [6.07, 6.45) is 0.614. The lowest BCUT2D eigenvalue weighted by molar-refractivity contribution is -0.142. The van der Waals surface area contributed by atoms with Crippen LogP contribution >= 0.6 is 11.8 Å². The Hall–Kier alpha value is -2.87. The zero-order valence-electron chi connectivity index (χ0n) is 16.5. The van der Waals surface area contributed by atoms with Crippen molar-refractivity contribution in [2.75, 3.05) is 12.0 Å². The lowest BCUT2D eigenvalue weighted by atomic mass is 10.1. The minimum Gasteiger partial charge on any atom is -0.481 e. The van der Waals surface area contributed by atoms with Crippen LogP contribution in [0.2, 0.25) is 0 Å². The quantitative estimate of drug-likeness (QED) is 0.142. The van der Waals surface area contributed by atoms with E-state index in [0.29, 0.717) is 5.75 Å². The first-order valence-electron chi connectivity index (χ1n) is 8.77. The Morgan fingerprint density at radius 3 is 1.93 bits per heavy atom. The second-order valence-electron chi connectivity index (χ2n) is 6.35. The number of carbonyl (C=O) groups is 6. The highest BCUT2D eigenvalue weighted by atomic mass is 32.2. The number of thioether (sulfide) groups is 1. The summed E-state index contributed by atoms with van der Waals surface area (Å²) >= 11 is 1.40. The summed E-state index contributed by atoms with van der Waals surface area (Å²) in [6.45, 7) is 1.28. The molecule has 13 nitrogen and oxygen atoms in total. The zero-order valence-corrected chi connectivity index (χ0v) is 17.4. The van der Waals surface area contributed by atoms with Crippen molar-refractivity contribution in [2.24, 2.45) is 11.5 Å². The maximum atomic E-state index is 12.4. The number of carboxylic acids is 2. The Morgan fingerprint density at radius 2 is 1.47 bits per heavy atom. The predicted octanol–water partition coefficient (Wildman–Crippen LogP) is -3.02. The van der Waals surface area contributed by atoms with E-state index in [9.17, 15) is 28.8 Å². The Balaban J connectivity index is 5.05. The lowest BCUT2D eigenvalue weighted by Gasteiger charge is -2.22. The minimum atomic E-state index is -1.50. The first-order chi connectivity index (χ1) is 13.9. The highest BCUT2D eigenvalue weighted by Crippen LogP contribution is 2.02. The molecule has 4 amide bonds. The van der Waals surface area contributed by atoms with Crippen LogP contribution in [0, 0.1) is 0 Å². The second-order valence-corrected chi connectivity index (χ2v) is 7.33. The maximum Gasteiger partial charge on any atom is 0.326 e. The molecule has 0 rings (SSSR count). The Kier molecular flexibility index (Phi) is 12.1. The molecule has 30 heavy (non-hydrogen) atoms. The topological polar surface area (TPSA) is 231 Å². The fraction of sp³-hybridized carbons (Fsp3) is 0.625. The van der Waals surface area contributed by atoms with E-state index in [0.717, 1.165) is 0 Å². The van der Waals surface area contributed by atoms with Crippen LogP contribution in [0.4, 0.5) is 0 Å². The first kappa shape index (κ1) is 27.1. The summed E-state index contributed by atoms with van der Waals surface area (Å²) in [5, 5.41) is 24.5. The van der Waals surface area contributed by atoms with Crippen molar-refractivity contribution in [3.8, 4) is 0 Å². The van der Waals surface area contributed by atoms with Gasteiger partial charge in [-0.05, 0) is 25.4 Å². The van der Waals surface area contributed by atoms with Crippen molar-refractivity contribution >= 4 is 47.3 Å². The molecule has 0 saturated carbocycles. The minimum absolute atomic E-state index is 0.171. The molecule has 0 aliphatic rings. The van der Waals surface area contributed by atoms with Gasteiger partial charge in [0.1, 0.15) is 18.1 Å². The van der Waals surface area contributed by atoms with Gasteiger partial charge in [0.25, 0.3) is 0 Å². The molecule has 0 radical (unpaired) electrons. The standard InChI is InChI=1S/C16H27N5O8S/c1-7(13(25)20-9(16(28)29)3-4-30-2)19-15(27)10(6-11(18)22)21-14(26)8(17)5-12(23)24/h7-10H,3-6,17H2,1-2H3,(H2,18,22)(H,19,27)(H,20,25)(H,21,26)(H,23,24)(H,28,29). The molecular formula is C16H27N5O8S. The molecule has 9 N–H and O–H groups in total. The molecule has 14 heteroatoms. The molecule has 0 bridgehead atoms. The van der Waals surface area contributed by atoms with Gasteiger partial charge in [-0.3, -0.25) is 24.0 Å². The van der Waals surface area contributed by atoms with E-state index < -0.39 is 72.6 Å². The monoisotopic (exact) mass is 449 g/mol. The summed E-state index contributed by atoms with van der Waals surface area (Å²) < 4.78 is 0. The van der Waals surface area contributed by atoms with Crippen molar-refractivity contribution in [1.82, 2.24) is 16.0 Å². The normalized spacial score (nSPS) is 14.5. The molecule has 0 fully saturated rings. The third-order valence-corrected chi connectivity index (χ3v) is 4.39. The fourth-order valence-electron chi connectivity index (χ4n) is 2.14. The van der Waals surface area contributed by atoms with Crippen LogP contribution in [-0.4, -0.2) is 82.0 Å². The Morgan fingerprint density at radius 1 is 0.900 bits per heavy atom. The average Bonchev–Trinajstić information content (AvgIpc) is 2.62. The van der Waals surface area contributed by atoms with Crippen LogP contribution in [-0.2, 0) is 28.8 Å². The molecule has 0 saturated heterocycles. The number of carboxylic acid groups (broad SMARTS) is 2. The Bertz CT molecular complexity index is 674. The average molecular weight is 449 g/mol. The molecule has 4 atom stereocenters. The van der Waals surface area contributed by atoms with Gasteiger partial charge in [0, 0.05) is 0 Å². The van der Waals surface area contributed by atoms with Crippen molar-refractivity contribution in [1.29, 1.82) is 0 Å². The van der Waals surface area contributed by atoms with Gasteiger partial charge in [-0.25, -0.2) is 4.79 Å². The largest absolute Gasteiger partial charge is 0.481 e. The van der Waals surface area contributed by atoms with Crippen LogP contribution in [0.15, 0.2) is 0 Å². The van der Waals surface area contributed by atoms with Gasteiger partial charge in [0.05, 0.1) is 18.9 Å². The number of amides is 4. The van der Waals surface area contributed by atoms with Gasteiger partial charge in [-0.15, -0.1) is 0 Å². The van der Waals surface area contributed by atoms with E-state index >= 15 is 0 Å². The van der Waals surface area contributed by atoms with E-state index in [2.05, 4.69) is 16.0 Å². The number of primary amides is 1. The van der Waals surface area contributed by atoms with E-state index in [-0.39, 0.29) is 6.42 Å². The van der Waals surface area contributed by atoms with Crippen molar-refractivity contribution in [3.05, 3.63) is 0 Å². The van der Waals surface area contributed by atoms with E-state index in [4.69, 9.17) is 21.7 Å². The van der Waals surface area contributed by atoms with Crippen molar-refractivity contribution < 1.29 is 39.0 Å². The smallest absolute Gasteiger partial charge is 0.326 e. The summed E-state index contributed by atoms with van der Waals surface area (Å²) in [4.78, 5) is 69.6. The van der Waals surface area contributed by atoms with E-state index in [1.54, 1.807) is 6.26 Å². The first-order valence-corrected chi connectivity index (χ1v) is 10.2. The lowest BCUT2D eigenvalue weighted by Crippen LogP contribution is -2.57. The van der Waals surface area contributed by atoms with Crippen LogP contribution in [0.3, 0.4) is 0 Å². The van der Waals surface area contributed by atoms with Crippen molar-refractivity contribution in [2.45, 2.75) is 50.4 Å².